The van der Waals surface area contributed by atoms with Crippen molar-refractivity contribution in [2.24, 2.45) is 0 Å². The fourth-order valence-electron chi connectivity index (χ4n) is 1.55. The van der Waals surface area contributed by atoms with Gasteiger partial charge in [0.05, 0.1) is 13.2 Å². The molecule has 78 valence electrons. The topological polar surface area (TPSA) is 12.5 Å². The van der Waals surface area contributed by atoms with Crippen LogP contribution in [0.2, 0.25) is 0 Å². The van der Waals surface area contributed by atoms with E-state index in [0.29, 0.717) is 0 Å². The van der Waals surface area contributed by atoms with Gasteiger partial charge < -0.3 is 4.74 Å². The first kappa shape index (κ1) is 11.3. The van der Waals surface area contributed by atoms with Gasteiger partial charge in [-0.05, 0) is 25.8 Å². The lowest BCUT2D eigenvalue weighted by Gasteiger charge is -2.20. The molecule has 0 bridgehead atoms. The van der Waals surface area contributed by atoms with Gasteiger partial charge in [0.2, 0.25) is 0 Å². The molecule has 13 heavy (non-hydrogen) atoms. The van der Waals surface area contributed by atoms with Crippen LogP contribution >= 0.6 is 12.6 Å². The third-order valence-electron chi connectivity index (χ3n) is 2.33. The van der Waals surface area contributed by atoms with Crippen molar-refractivity contribution in [2.75, 3.05) is 32.1 Å². The van der Waals surface area contributed by atoms with Crippen molar-refractivity contribution in [3.63, 3.8) is 0 Å². The average Bonchev–Trinajstić information content (AvgIpc) is 2.93. The smallest absolute Gasteiger partial charge is 0.0593 e. The molecule has 0 aromatic carbocycles. The van der Waals surface area contributed by atoms with Gasteiger partial charge >= 0.3 is 0 Å². The first-order valence-corrected chi connectivity index (χ1v) is 5.94. The number of ether oxygens (including phenoxy) is 1. The molecular weight excluding hydrogens is 182 g/mol. The van der Waals surface area contributed by atoms with Crippen LogP contribution in [0.5, 0.6) is 0 Å². The minimum atomic E-state index is 0.785. The average molecular weight is 203 g/mol. The molecule has 0 N–H and O–H groups in total. The van der Waals surface area contributed by atoms with Crippen molar-refractivity contribution < 1.29 is 4.74 Å². The van der Waals surface area contributed by atoms with Gasteiger partial charge in [0.1, 0.15) is 0 Å². The van der Waals surface area contributed by atoms with E-state index in [-0.39, 0.29) is 0 Å². The summed E-state index contributed by atoms with van der Waals surface area (Å²) < 4.78 is 5.42. The molecule has 0 saturated heterocycles. The summed E-state index contributed by atoms with van der Waals surface area (Å²) in [6.07, 6.45) is 4.04. The zero-order valence-corrected chi connectivity index (χ0v) is 9.43. The molecule has 0 unspecified atom stereocenters. The van der Waals surface area contributed by atoms with Crippen LogP contribution in [0.3, 0.4) is 0 Å². The standard InChI is InChI=1S/C10H21NOS/c1-2-5-11(10-3-4-10)6-7-12-8-9-13/h10,13H,2-9H2,1H3. The van der Waals surface area contributed by atoms with Crippen LogP contribution in [0.4, 0.5) is 0 Å². The summed E-state index contributed by atoms with van der Waals surface area (Å²) in [5.74, 6) is 0.831. The van der Waals surface area contributed by atoms with Gasteiger partial charge in [-0.2, -0.15) is 12.6 Å². The molecule has 1 fully saturated rings. The molecule has 3 heteroatoms. The second-order valence-corrected chi connectivity index (χ2v) is 4.05. The van der Waals surface area contributed by atoms with Crippen LogP contribution in [0.1, 0.15) is 26.2 Å². The summed E-state index contributed by atoms with van der Waals surface area (Å²) in [7, 11) is 0. The maximum atomic E-state index is 5.42. The number of hydrogen-bond donors (Lipinski definition) is 1. The Bertz CT molecular complexity index is 128. The van der Waals surface area contributed by atoms with Crippen LogP contribution in [0.15, 0.2) is 0 Å². The Balaban J connectivity index is 2.00. The highest BCUT2D eigenvalue weighted by Gasteiger charge is 2.27. The van der Waals surface area contributed by atoms with Gasteiger partial charge in [-0.15, -0.1) is 0 Å². The van der Waals surface area contributed by atoms with E-state index >= 15 is 0 Å². The Morgan fingerprint density at radius 1 is 1.31 bits per heavy atom. The van der Waals surface area contributed by atoms with E-state index in [1.807, 2.05) is 0 Å². The van der Waals surface area contributed by atoms with Crippen LogP contribution in [0.25, 0.3) is 0 Å². The Kier molecular flexibility index (Phi) is 5.83. The highest BCUT2D eigenvalue weighted by Crippen LogP contribution is 2.26. The van der Waals surface area contributed by atoms with Crippen LogP contribution < -0.4 is 0 Å². The van der Waals surface area contributed by atoms with Crippen LogP contribution in [0, 0.1) is 0 Å². The van der Waals surface area contributed by atoms with Crippen molar-refractivity contribution in [3.05, 3.63) is 0 Å². The van der Waals surface area contributed by atoms with Gasteiger partial charge in [-0.1, -0.05) is 6.92 Å². The predicted octanol–water partition coefficient (Wildman–Crippen LogP) is 1.81. The summed E-state index contributed by atoms with van der Waals surface area (Å²) in [6.45, 7) is 6.23. The largest absolute Gasteiger partial charge is 0.379 e. The molecule has 0 heterocycles. The Labute approximate surface area is 87.0 Å². The molecule has 2 nitrogen and oxygen atoms in total. The normalized spacial score (nSPS) is 16.8. The number of hydrogen-bond acceptors (Lipinski definition) is 3. The van der Waals surface area contributed by atoms with E-state index in [0.717, 1.165) is 31.6 Å². The lowest BCUT2D eigenvalue weighted by Crippen LogP contribution is -2.30. The predicted molar refractivity (Wildman–Crippen MR) is 59.6 cm³/mol. The van der Waals surface area contributed by atoms with E-state index in [9.17, 15) is 0 Å². The maximum absolute atomic E-state index is 5.42. The van der Waals surface area contributed by atoms with Crippen LogP contribution in [-0.4, -0.2) is 43.0 Å². The molecule has 0 atom stereocenters. The Hall–Kier alpha value is 0.270. The molecule has 0 aromatic heterocycles. The quantitative estimate of drug-likeness (QED) is 0.477. The Morgan fingerprint density at radius 2 is 2.08 bits per heavy atom. The minimum Gasteiger partial charge on any atom is -0.379 e. The SMILES string of the molecule is CCCN(CCOCCS)C1CC1. The molecular formula is C10H21NOS. The fraction of sp³-hybridized carbons (Fsp3) is 1.00. The van der Waals surface area contributed by atoms with Gasteiger partial charge in [0, 0.05) is 18.3 Å². The molecule has 1 aliphatic carbocycles. The van der Waals surface area contributed by atoms with Crippen LogP contribution in [-0.2, 0) is 4.74 Å². The molecule has 0 spiro atoms. The second kappa shape index (κ2) is 6.68. The maximum Gasteiger partial charge on any atom is 0.0593 e. The number of rotatable bonds is 8. The highest BCUT2D eigenvalue weighted by atomic mass is 32.1. The number of nitrogens with zero attached hydrogens (tertiary/aromatic N) is 1. The monoisotopic (exact) mass is 203 g/mol. The summed E-state index contributed by atoms with van der Waals surface area (Å²) in [5.41, 5.74) is 0. The summed E-state index contributed by atoms with van der Waals surface area (Å²) in [5, 5.41) is 0. The van der Waals surface area contributed by atoms with Gasteiger partial charge in [-0.25, -0.2) is 0 Å². The summed E-state index contributed by atoms with van der Waals surface area (Å²) in [6, 6.07) is 0.875. The highest BCUT2D eigenvalue weighted by molar-refractivity contribution is 7.80. The lowest BCUT2D eigenvalue weighted by molar-refractivity contribution is 0.112. The fourth-order valence-corrected chi connectivity index (χ4v) is 1.68. The van der Waals surface area contributed by atoms with E-state index < -0.39 is 0 Å². The molecule has 1 rings (SSSR count). The van der Waals surface area contributed by atoms with Crippen molar-refractivity contribution in [2.45, 2.75) is 32.2 Å². The second-order valence-electron chi connectivity index (χ2n) is 3.60. The minimum absolute atomic E-state index is 0.785. The van der Waals surface area contributed by atoms with Crippen molar-refractivity contribution in [1.82, 2.24) is 4.90 Å². The van der Waals surface area contributed by atoms with Crippen molar-refractivity contribution >= 4 is 12.6 Å². The molecule has 0 aromatic rings. The van der Waals surface area contributed by atoms with Crippen molar-refractivity contribution in [3.8, 4) is 0 Å². The van der Waals surface area contributed by atoms with Gasteiger partial charge in [0.15, 0.2) is 0 Å². The molecule has 1 saturated carbocycles. The van der Waals surface area contributed by atoms with E-state index in [1.165, 1.54) is 25.8 Å². The summed E-state index contributed by atoms with van der Waals surface area (Å²) >= 11 is 4.10. The lowest BCUT2D eigenvalue weighted by atomic mass is 10.4. The molecule has 1 aliphatic rings. The van der Waals surface area contributed by atoms with Gasteiger partial charge in [-0.3, -0.25) is 4.90 Å². The molecule has 0 amide bonds. The van der Waals surface area contributed by atoms with E-state index in [4.69, 9.17) is 4.74 Å². The Morgan fingerprint density at radius 3 is 2.62 bits per heavy atom. The number of thiol groups is 1. The first-order valence-electron chi connectivity index (χ1n) is 5.31. The van der Waals surface area contributed by atoms with Gasteiger partial charge in [0.25, 0.3) is 0 Å². The summed E-state index contributed by atoms with van der Waals surface area (Å²) in [4.78, 5) is 2.55. The third kappa shape index (κ3) is 4.89. The zero-order chi connectivity index (χ0) is 9.52. The van der Waals surface area contributed by atoms with E-state index in [2.05, 4.69) is 24.5 Å². The first-order chi connectivity index (χ1) is 6.38. The third-order valence-corrected chi connectivity index (χ3v) is 2.52. The van der Waals surface area contributed by atoms with Crippen molar-refractivity contribution in [1.29, 1.82) is 0 Å². The molecule has 0 radical (unpaired) electrons. The molecule has 0 aliphatic heterocycles. The van der Waals surface area contributed by atoms with E-state index in [1.54, 1.807) is 0 Å². The zero-order valence-electron chi connectivity index (χ0n) is 8.54.